The van der Waals surface area contributed by atoms with Gasteiger partial charge >= 0.3 is 0 Å². The molecule has 0 unspecified atom stereocenters. The van der Waals surface area contributed by atoms with Gasteiger partial charge in [-0.3, -0.25) is 14.5 Å². The molecule has 0 fully saturated rings. The Morgan fingerprint density at radius 2 is 1.08 bits per heavy atom. The monoisotopic (exact) mass is 319 g/mol. The Balaban J connectivity index is 1.92. The summed E-state index contributed by atoms with van der Waals surface area (Å²) in [5, 5.41) is 0. The van der Waals surface area contributed by atoms with Crippen LogP contribution in [0.25, 0.3) is 0 Å². The van der Waals surface area contributed by atoms with Crippen LogP contribution in [0.1, 0.15) is 20.7 Å². The predicted octanol–water partition coefficient (Wildman–Crippen LogP) is 3.80. The van der Waals surface area contributed by atoms with Gasteiger partial charge in [0.05, 0.1) is 0 Å². The first-order valence-electron chi connectivity index (χ1n) is 7.72. The summed E-state index contributed by atoms with van der Waals surface area (Å²) in [6, 6.07) is 18.1. The van der Waals surface area contributed by atoms with E-state index in [1.54, 1.807) is 24.3 Å². The van der Waals surface area contributed by atoms with Crippen molar-refractivity contribution in [3.63, 3.8) is 0 Å². The number of carbonyl (C=O) groups is 2. The Kier molecular flexibility index (Phi) is 5.99. The summed E-state index contributed by atoms with van der Waals surface area (Å²) in [5.41, 5.74) is 2.22. The van der Waals surface area contributed by atoms with Crippen molar-refractivity contribution in [2.45, 2.75) is 0 Å². The van der Waals surface area contributed by atoms with E-state index in [0.717, 1.165) is 0 Å². The van der Waals surface area contributed by atoms with E-state index in [-0.39, 0.29) is 11.6 Å². The average Bonchev–Trinajstić information content (AvgIpc) is 2.61. The molecule has 3 nitrogen and oxygen atoms in total. The van der Waals surface area contributed by atoms with Crippen LogP contribution in [0.5, 0.6) is 0 Å². The molecule has 0 aliphatic heterocycles. The van der Waals surface area contributed by atoms with Crippen LogP contribution in [0.2, 0.25) is 0 Å². The van der Waals surface area contributed by atoms with Crippen LogP contribution in [0.4, 0.5) is 0 Å². The molecule has 0 aliphatic rings. The van der Waals surface area contributed by atoms with Gasteiger partial charge in [-0.25, -0.2) is 0 Å². The topological polar surface area (TPSA) is 37.4 Å². The second kappa shape index (κ2) is 8.18. The fraction of sp³-hybridized carbons (Fsp3) is 0.143. The predicted molar refractivity (Wildman–Crippen MR) is 97.3 cm³/mol. The summed E-state index contributed by atoms with van der Waals surface area (Å²) >= 11 is 0. The van der Waals surface area contributed by atoms with E-state index < -0.39 is 0 Å². The largest absolute Gasteiger partial charge is 0.298 e. The minimum absolute atomic E-state index is 0.0811. The van der Waals surface area contributed by atoms with Gasteiger partial charge in [0.25, 0.3) is 0 Å². The highest BCUT2D eigenvalue weighted by atomic mass is 16.1. The highest BCUT2D eigenvalue weighted by molar-refractivity contribution is 6.09. The number of nitrogens with zero attached hydrogens (tertiary/aromatic N) is 1. The van der Waals surface area contributed by atoms with Gasteiger partial charge in [-0.05, 0) is 7.05 Å². The first-order valence-corrected chi connectivity index (χ1v) is 7.72. The summed E-state index contributed by atoms with van der Waals surface area (Å²) in [6.07, 6.45) is 0. The first kappa shape index (κ1) is 17.6. The smallest absolute Gasteiger partial charge is 0.189 e. The number of ketones is 2. The van der Waals surface area contributed by atoms with Gasteiger partial charge in [-0.15, -0.1) is 0 Å². The van der Waals surface area contributed by atoms with Crippen molar-refractivity contribution >= 4 is 11.6 Å². The lowest BCUT2D eigenvalue weighted by Gasteiger charge is -2.18. The molecule has 2 aromatic carbocycles. The van der Waals surface area contributed by atoms with Crippen LogP contribution in [-0.2, 0) is 0 Å². The lowest BCUT2D eigenvalue weighted by molar-refractivity contribution is 0.102. The van der Waals surface area contributed by atoms with Gasteiger partial charge in [0.1, 0.15) is 0 Å². The number of Topliss-reactive ketones (excluding diaryl/α,β-unsaturated/α-hetero) is 2. The zero-order chi connectivity index (χ0) is 17.5. The third kappa shape index (κ3) is 4.61. The maximum absolute atomic E-state index is 12.3. The molecule has 24 heavy (non-hydrogen) atoms. The van der Waals surface area contributed by atoms with Gasteiger partial charge in [0.2, 0.25) is 0 Å². The summed E-state index contributed by atoms with van der Waals surface area (Å²) in [5.74, 6) is -0.162. The van der Waals surface area contributed by atoms with E-state index in [2.05, 4.69) is 13.2 Å². The molecule has 0 aliphatic carbocycles. The van der Waals surface area contributed by atoms with Crippen molar-refractivity contribution in [1.82, 2.24) is 4.90 Å². The second-order valence-electron chi connectivity index (χ2n) is 5.77. The van der Waals surface area contributed by atoms with Crippen molar-refractivity contribution in [2.24, 2.45) is 0 Å². The molecule has 3 heteroatoms. The quantitative estimate of drug-likeness (QED) is 0.549. The molecule has 0 spiro atoms. The minimum atomic E-state index is -0.0811. The number of likely N-dealkylation sites (N-methyl/N-ethyl adjacent to an activating group) is 1. The summed E-state index contributed by atoms with van der Waals surface area (Å²) in [7, 11) is 1.84. The standard InChI is InChI=1S/C21H21NO2/c1-16(20(23)18-10-6-4-7-11-18)14-22(3)15-17(2)21(24)19-12-8-5-9-13-19/h4-13H,1-2,14-15H2,3H3. The molecule has 0 aromatic heterocycles. The molecule has 0 atom stereocenters. The van der Waals surface area contributed by atoms with Crippen molar-refractivity contribution in [2.75, 3.05) is 20.1 Å². The van der Waals surface area contributed by atoms with Gasteiger partial charge in [0.15, 0.2) is 11.6 Å². The van der Waals surface area contributed by atoms with Crippen molar-refractivity contribution in [1.29, 1.82) is 0 Å². The van der Waals surface area contributed by atoms with Crippen LogP contribution in [0.15, 0.2) is 85.0 Å². The fourth-order valence-corrected chi connectivity index (χ4v) is 2.44. The molecule has 0 heterocycles. The van der Waals surface area contributed by atoms with Crippen molar-refractivity contribution in [3.05, 3.63) is 96.1 Å². The molecule has 0 N–H and O–H groups in total. The van der Waals surface area contributed by atoms with E-state index in [4.69, 9.17) is 0 Å². The number of benzene rings is 2. The minimum Gasteiger partial charge on any atom is -0.298 e. The van der Waals surface area contributed by atoms with Gasteiger partial charge in [-0.2, -0.15) is 0 Å². The molecule has 122 valence electrons. The molecule has 2 aromatic rings. The Labute approximate surface area is 142 Å². The summed E-state index contributed by atoms with van der Waals surface area (Å²) in [6.45, 7) is 8.52. The first-order chi connectivity index (χ1) is 11.5. The highest BCUT2D eigenvalue weighted by Gasteiger charge is 2.15. The fourth-order valence-electron chi connectivity index (χ4n) is 2.44. The molecular weight excluding hydrogens is 298 g/mol. The SMILES string of the molecule is C=C(CN(C)CC(=C)C(=O)c1ccccc1)C(=O)c1ccccc1. The Morgan fingerprint density at radius 3 is 1.42 bits per heavy atom. The Morgan fingerprint density at radius 1 is 0.750 bits per heavy atom. The lowest BCUT2D eigenvalue weighted by atomic mass is 10.0. The van der Waals surface area contributed by atoms with Crippen molar-refractivity contribution in [3.8, 4) is 0 Å². The van der Waals surface area contributed by atoms with E-state index >= 15 is 0 Å². The normalized spacial score (nSPS) is 10.4. The van der Waals surface area contributed by atoms with Crippen LogP contribution in [-0.4, -0.2) is 36.6 Å². The van der Waals surface area contributed by atoms with Gasteiger partial charge < -0.3 is 0 Å². The zero-order valence-electron chi connectivity index (χ0n) is 13.9. The summed E-state index contributed by atoms with van der Waals surface area (Å²) in [4.78, 5) is 26.5. The van der Waals surface area contributed by atoms with Gasteiger partial charge in [-0.1, -0.05) is 73.8 Å². The van der Waals surface area contributed by atoms with Crippen LogP contribution < -0.4 is 0 Å². The van der Waals surface area contributed by atoms with Gasteiger partial charge in [0, 0.05) is 35.4 Å². The van der Waals surface area contributed by atoms with E-state index in [1.807, 2.05) is 48.3 Å². The third-order valence-corrected chi connectivity index (χ3v) is 3.64. The third-order valence-electron chi connectivity index (χ3n) is 3.64. The number of hydrogen-bond acceptors (Lipinski definition) is 3. The molecular formula is C21H21NO2. The summed E-state index contributed by atoms with van der Waals surface area (Å²) < 4.78 is 0. The second-order valence-corrected chi connectivity index (χ2v) is 5.77. The average molecular weight is 319 g/mol. The van der Waals surface area contributed by atoms with Crippen LogP contribution >= 0.6 is 0 Å². The van der Waals surface area contributed by atoms with Crippen LogP contribution in [0, 0.1) is 0 Å². The Bertz CT molecular complexity index is 682. The van der Waals surface area contributed by atoms with E-state index in [0.29, 0.717) is 35.4 Å². The van der Waals surface area contributed by atoms with E-state index in [9.17, 15) is 9.59 Å². The highest BCUT2D eigenvalue weighted by Crippen LogP contribution is 2.11. The molecule has 0 amide bonds. The molecule has 0 saturated heterocycles. The van der Waals surface area contributed by atoms with E-state index in [1.165, 1.54) is 0 Å². The molecule has 0 saturated carbocycles. The van der Waals surface area contributed by atoms with Crippen LogP contribution in [0.3, 0.4) is 0 Å². The maximum Gasteiger partial charge on any atom is 0.189 e. The number of hydrogen-bond donors (Lipinski definition) is 0. The molecule has 0 bridgehead atoms. The van der Waals surface area contributed by atoms with Crippen molar-refractivity contribution < 1.29 is 9.59 Å². The maximum atomic E-state index is 12.3. The number of carbonyl (C=O) groups excluding carboxylic acids is 2. The number of rotatable bonds is 8. The zero-order valence-corrected chi connectivity index (χ0v) is 13.9. The molecule has 2 rings (SSSR count). The lowest BCUT2D eigenvalue weighted by Crippen LogP contribution is -2.27. The molecule has 0 radical (unpaired) electrons. The Hall–Kier alpha value is -2.78.